The van der Waals surface area contributed by atoms with E-state index in [9.17, 15) is 4.39 Å². The van der Waals surface area contributed by atoms with Crippen LogP contribution in [-0.4, -0.2) is 43.8 Å². The highest BCUT2D eigenvalue weighted by Crippen LogP contribution is 2.36. The normalized spacial score (nSPS) is 21.3. The van der Waals surface area contributed by atoms with Gasteiger partial charge in [0.05, 0.1) is 0 Å². The quantitative estimate of drug-likeness (QED) is 0.924. The molecule has 2 aliphatic heterocycles. The highest BCUT2D eigenvalue weighted by Gasteiger charge is 2.25. The summed E-state index contributed by atoms with van der Waals surface area (Å²) in [4.78, 5) is 2.36. The molecule has 2 unspecified atom stereocenters. The summed E-state index contributed by atoms with van der Waals surface area (Å²) in [6.07, 6.45) is 2.47. The molecule has 2 aliphatic rings. The van der Waals surface area contributed by atoms with Crippen molar-refractivity contribution >= 4 is 0 Å². The van der Waals surface area contributed by atoms with E-state index in [1.807, 2.05) is 6.92 Å². The second-order valence-electron chi connectivity index (χ2n) is 5.98. The van der Waals surface area contributed by atoms with Gasteiger partial charge in [0.15, 0.2) is 11.5 Å². The van der Waals surface area contributed by atoms with Gasteiger partial charge in [0.1, 0.15) is 19.0 Å². The molecule has 1 aromatic rings. The third kappa shape index (κ3) is 3.14. The first-order chi connectivity index (χ1) is 10.1. The van der Waals surface area contributed by atoms with Crippen molar-refractivity contribution in [3.63, 3.8) is 0 Å². The Kier molecular flexibility index (Phi) is 4.31. The van der Waals surface area contributed by atoms with Gasteiger partial charge in [0.2, 0.25) is 0 Å². The van der Waals surface area contributed by atoms with Crippen LogP contribution in [-0.2, 0) is 0 Å². The predicted octanol–water partition coefficient (Wildman–Crippen LogP) is 2.12. The molecule has 21 heavy (non-hydrogen) atoms. The van der Waals surface area contributed by atoms with Gasteiger partial charge in [0.25, 0.3) is 0 Å². The molecule has 5 heteroatoms. The van der Waals surface area contributed by atoms with Gasteiger partial charge in [-0.3, -0.25) is 0 Å². The van der Waals surface area contributed by atoms with E-state index in [-0.39, 0.29) is 17.8 Å². The maximum absolute atomic E-state index is 14.3. The van der Waals surface area contributed by atoms with E-state index in [2.05, 4.69) is 4.90 Å². The van der Waals surface area contributed by atoms with Crippen molar-refractivity contribution in [2.45, 2.75) is 31.7 Å². The third-order valence-corrected chi connectivity index (χ3v) is 4.46. The maximum Gasteiger partial charge on any atom is 0.164 e. The number of ether oxygens (including phenoxy) is 2. The molecule has 3 rings (SSSR count). The van der Waals surface area contributed by atoms with Crippen LogP contribution >= 0.6 is 0 Å². The lowest BCUT2D eigenvalue weighted by Gasteiger charge is -2.27. The zero-order valence-corrected chi connectivity index (χ0v) is 12.5. The summed E-state index contributed by atoms with van der Waals surface area (Å²) in [5, 5.41) is 0. The molecule has 0 aliphatic carbocycles. The second kappa shape index (κ2) is 6.20. The highest BCUT2D eigenvalue weighted by atomic mass is 19.1. The van der Waals surface area contributed by atoms with E-state index in [0.29, 0.717) is 30.3 Å². The van der Waals surface area contributed by atoms with Crippen LogP contribution in [0.25, 0.3) is 0 Å². The molecule has 4 nitrogen and oxygen atoms in total. The lowest BCUT2D eigenvalue weighted by Crippen LogP contribution is -2.39. The number of rotatable bonds is 4. The second-order valence-corrected chi connectivity index (χ2v) is 5.98. The van der Waals surface area contributed by atoms with Crippen molar-refractivity contribution in [1.82, 2.24) is 4.90 Å². The van der Waals surface area contributed by atoms with Crippen molar-refractivity contribution in [3.05, 3.63) is 23.5 Å². The number of benzene rings is 1. The lowest BCUT2D eigenvalue weighted by molar-refractivity contribution is 0.170. The lowest BCUT2D eigenvalue weighted by atomic mass is 9.92. The summed E-state index contributed by atoms with van der Waals surface area (Å²) in [5.74, 6) is 0.797. The van der Waals surface area contributed by atoms with Crippen LogP contribution in [0.15, 0.2) is 12.1 Å². The first kappa shape index (κ1) is 14.6. The smallest absolute Gasteiger partial charge is 0.164 e. The molecule has 1 saturated heterocycles. The Bertz CT molecular complexity index is 503. The molecule has 0 radical (unpaired) electrons. The van der Waals surface area contributed by atoms with E-state index in [1.54, 1.807) is 6.07 Å². The van der Waals surface area contributed by atoms with Gasteiger partial charge in [-0.2, -0.15) is 0 Å². The van der Waals surface area contributed by atoms with Gasteiger partial charge in [-0.1, -0.05) is 6.92 Å². The zero-order valence-electron chi connectivity index (χ0n) is 12.5. The van der Waals surface area contributed by atoms with E-state index in [4.69, 9.17) is 15.2 Å². The molecule has 2 N–H and O–H groups in total. The predicted molar refractivity (Wildman–Crippen MR) is 79.5 cm³/mol. The van der Waals surface area contributed by atoms with Gasteiger partial charge >= 0.3 is 0 Å². The van der Waals surface area contributed by atoms with E-state index >= 15 is 0 Å². The summed E-state index contributed by atoms with van der Waals surface area (Å²) in [6.45, 7) is 5.97. The number of fused-ring (bicyclic) bond motifs is 1. The van der Waals surface area contributed by atoms with Gasteiger partial charge in [-0.15, -0.1) is 0 Å². The van der Waals surface area contributed by atoms with Crippen LogP contribution < -0.4 is 15.2 Å². The maximum atomic E-state index is 14.3. The monoisotopic (exact) mass is 294 g/mol. The molecule has 1 fully saturated rings. The molecule has 0 aromatic heterocycles. The van der Waals surface area contributed by atoms with Crippen molar-refractivity contribution in [2.24, 2.45) is 5.73 Å². The zero-order chi connectivity index (χ0) is 14.8. The summed E-state index contributed by atoms with van der Waals surface area (Å²) in [5.41, 5.74) is 6.91. The van der Waals surface area contributed by atoms with E-state index < -0.39 is 0 Å². The topological polar surface area (TPSA) is 47.7 Å². The third-order valence-electron chi connectivity index (χ3n) is 4.46. The number of hydrogen-bond acceptors (Lipinski definition) is 4. The van der Waals surface area contributed by atoms with Gasteiger partial charge in [-0.05, 0) is 37.6 Å². The standard InChI is InChI=1S/C16H23FN2O2/c1-11(14(18)10-19-4-2-3-5-19)12-8-15-16(9-13(12)17)21-7-6-20-15/h8-9,11,14H,2-7,10,18H2,1H3. The molecule has 1 aromatic carbocycles. The minimum Gasteiger partial charge on any atom is -0.486 e. The molecule has 2 atom stereocenters. The van der Waals surface area contributed by atoms with Crippen molar-refractivity contribution in [1.29, 1.82) is 0 Å². The number of nitrogens with two attached hydrogens (primary N) is 1. The fourth-order valence-corrected chi connectivity index (χ4v) is 3.08. The largest absolute Gasteiger partial charge is 0.486 e. The number of halogens is 1. The Morgan fingerprint density at radius 3 is 2.48 bits per heavy atom. The first-order valence-electron chi connectivity index (χ1n) is 7.72. The van der Waals surface area contributed by atoms with Crippen LogP contribution in [0.1, 0.15) is 31.2 Å². The molecular formula is C16H23FN2O2. The Morgan fingerprint density at radius 2 is 1.81 bits per heavy atom. The van der Waals surface area contributed by atoms with Crippen molar-refractivity contribution in [2.75, 3.05) is 32.8 Å². The van der Waals surface area contributed by atoms with Gasteiger partial charge < -0.3 is 20.1 Å². The Hall–Kier alpha value is -1.33. The molecule has 0 bridgehead atoms. The summed E-state index contributed by atoms with van der Waals surface area (Å²) >= 11 is 0. The van der Waals surface area contributed by atoms with E-state index in [0.717, 1.165) is 19.6 Å². The van der Waals surface area contributed by atoms with E-state index in [1.165, 1.54) is 18.9 Å². The van der Waals surface area contributed by atoms with Gasteiger partial charge in [-0.25, -0.2) is 4.39 Å². The van der Waals surface area contributed by atoms with Crippen molar-refractivity contribution in [3.8, 4) is 11.5 Å². The minimum atomic E-state index is -0.261. The number of hydrogen-bond donors (Lipinski definition) is 1. The van der Waals surface area contributed by atoms with Crippen LogP contribution in [0.4, 0.5) is 4.39 Å². The average Bonchev–Trinajstić information content (AvgIpc) is 2.98. The van der Waals surface area contributed by atoms with Crippen molar-refractivity contribution < 1.29 is 13.9 Å². The minimum absolute atomic E-state index is 0.0542. The molecule has 116 valence electrons. The number of likely N-dealkylation sites (tertiary alicyclic amines) is 1. The molecule has 2 heterocycles. The SMILES string of the molecule is CC(c1cc2c(cc1F)OCCO2)C(N)CN1CCCC1. The van der Waals surface area contributed by atoms with Crippen LogP contribution in [0.3, 0.4) is 0 Å². The fourth-order valence-electron chi connectivity index (χ4n) is 3.08. The average molecular weight is 294 g/mol. The van der Waals surface area contributed by atoms with Crippen LogP contribution in [0.5, 0.6) is 11.5 Å². The van der Waals surface area contributed by atoms with Crippen LogP contribution in [0, 0.1) is 5.82 Å². The molecule has 0 saturated carbocycles. The number of nitrogens with zero attached hydrogens (tertiary/aromatic N) is 1. The molecular weight excluding hydrogens is 271 g/mol. The molecule has 0 spiro atoms. The summed E-state index contributed by atoms with van der Waals surface area (Å²) < 4.78 is 25.2. The van der Waals surface area contributed by atoms with Gasteiger partial charge in [0, 0.05) is 24.6 Å². The molecule has 0 amide bonds. The van der Waals surface area contributed by atoms with Crippen LogP contribution in [0.2, 0.25) is 0 Å². The first-order valence-corrected chi connectivity index (χ1v) is 7.72. The Labute approximate surface area is 125 Å². The fraction of sp³-hybridized carbons (Fsp3) is 0.625. The Balaban J connectivity index is 1.75. The summed E-state index contributed by atoms with van der Waals surface area (Å²) in [6, 6.07) is 3.08. The summed E-state index contributed by atoms with van der Waals surface area (Å²) in [7, 11) is 0. The highest BCUT2D eigenvalue weighted by molar-refractivity contribution is 5.45. The Morgan fingerprint density at radius 1 is 1.19 bits per heavy atom.